The van der Waals surface area contributed by atoms with Crippen molar-refractivity contribution in [3.8, 4) is 11.8 Å². The predicted octanol–water partition coefficient (Wildman–Crippen LogP) is 4.53. The topological polar surface area (TPSA) is 75.0 Å². The maximum Gasteiger partial charge on any atom is 0.242 e. The summed E-state index contributed by atoms with van der Waals surface area (Å²) in [6.45, 7) is 1.98. The standard InChI is InChI=1S/C21H18ClN3O2/c1-13-3-4-14-10-15(20(22)25-19(14)9-13)11-16(12-23)21(26)24-17-5-7-18(27-2)8-6-17/h3-10,16H,11H2,1-2H3,(H,24,26)/t16-/m0/s1. The monoisotopic (exact) mass is 379 g/mol. The predicted molar refractivity (Wildman–Crippen MR) is 106 cm³/mol. The molecule has 3 aromatic rings. The van der Waals surface area contributed by atoms with Gasteiger partial charge in [0.05, 0.1) is 18.7 Å². The van der Waals surface area contributed by atoms with E-state index in [2.05, 4.69) is 16.4 Å². The van der Waals surface area contributed by atoms with Crippen LogP contribution in [0.1, 0.15) is 11.1 Å². The van der Waals surface area contributed by atoms with Crippen molar-refractivity contribution in [1.29, 1.82) is 5.26 Å². The quantitative estimate of drug-likeness (QED) is 0.661. The number of fused-ring (bicyclic) bond motifs is 1. The number of anilines is 1. The molecule has 3 rings (SSSR count). The molecule has 0 fully saturated rings. The summed E-state index contributed by atoms with van der Waals surface area (Å²) in [5.74, 6) is -0.578. The number of rotatable bonds is 5. The third-order valence-corrected chi connectivity index (χ3v) is 4.58. The maximum atomic E-state index is 12.5. The lowest BCUT2D eigenvalue weighted by Gasteiger charge is -2.12. The third-order valence-electron chi connectivity index (χ3n) is 4.25. The van der Waals surface area contributed by atoms with Crippen LogP contribution in [0.3, 0.4) is 0 Å². The Morgan fingerprint density at radius 3 is 2.67 bits per heavy atom. The molecule has 1 aromatic heterocycles. The molecule has 0 aliphatic heterocycles. The average Bonchev–Trinajstić information content (AvgIpc) is 2.66. The van der Waals surface area contributed by atoms with Crippen LogP contribution in [0.5, 0.6) is 5.75 Å². The molecule has 27 heavy (non-hydrogen) atoms. The van der Waals surface area contributed by atoms with Gasteiger partial charge in [-0.1, -0.05) is 23.7 Å². The van der Waals surface area contributed by atoms with Crippen molar-refractivity contribution in [2.45, 2.75) is 13.3 Å². The second kappa shape index (κ2) is 8.07. The van der Waals surface area contributed by atoms with E-state index in [1.54, 1.807) is 31.4 Å². The number of nitrogens with zero attached hydrogens (tertiary/aromatic N) is 2. The highest BCUT2D eigenvalue weighted by Gasteiger charge is 2.21. The first-order valence-electron chi connectivity index (χ1n) is 8.40. The van der Waals surface area contributed by atoms with Crippen LogP contribution in [0, 0.1) is 24.2 Å². The molecule has 5 nitrogen and oxygen atoms in total. The number of carbonyl (C=O) groups is 1. The molecule has 0 spiro atoms. The van der Waals surface area contributed by atoms with Crippen LogP contribution >= 0.6 is 11.6 Å². The van der Waals surface area contributed by atoms with Crippen LogP contribution in [0.25, 0.3) is 10.9 Å². The van der Waals surface area contributed by atoms with Crippen molar-refractivity contribution < 1.29 is 9.53 Å². The van der Waals surface area contributed by atoms with Gasteiger partial charge in [-0.25, -0.2) is 4.98 Å². The number of amides is 1. The summed E-state index contributed by atoms with van der Waals surface area (Å²) >= 11 is 6.29. The fourth-order valence-corrected chi connectivity index (χ4v) is 2.98. The van der Waals surface area contributed by atoms with Gasteiger partial charge >= 0.3 is 0 Å². The van der Waals surface area contributed by atoms with Crippen molar-refractivity contribution in [3.05, 3.63) is 64.8 Å². The van der Waals surface area contributed by atoms with Gasteiger partial charge in [0.1, 0.15) is 16.8 Å². The molecular weight excluding hydrogens is 362 g/mol. The van der Waals surface area contributed by atoms with Gasteiger partial charge in [-0.15, -0.1) is 0 Å². The number of hydrogen-bond acceptors (Lipinski definition) is 4. The van der Waals surface area contributed by atoms with Crippen molar-refractivity contribution in [1.82, 2.24) is 4.98 Å². The molecule has 0 saturated carbocycles. The first-order chi connectivity index (χ1) is 13.0. The van der Waals surface area contributed by atoms with E-state index in [0.29, 0.717) is 22.2 Å². The van der Waals surface area contributed by atoms with E-state index in [-0.39, 0.29) is 12.3 Å². The van der Waals surface area contributed by atoms with Gasteiger partial charge in [0.25, 0.3) is 0 Å². The van der Waals surface area contributed by atoms with E-state index in [4.69, 9.17) is 16.3 Å². The molecule has 1 heterocycles. The van der Waals surface area contributed by atoms with Gasteiger partial charge < -0.3 is 10.1 Å². The normalized spacial score (nSPS) is 11.6. The molecule has 0 unspecified atom stereocenters. The highest BCUT2D eigenvalue weighted by Crippen LogP contribution is 2.24. The Hall–Kier alpha value is -3.10. The van der Waals surface area contributed by atoms with E-state index in [1.165, 1.54) is 0 Å². The Balaban J connectivity index is 1.78. The maximum absolute atomic E-state index is 12.5. The summed E-state index contributed by atoms with van der Waals surface area (Å²) in [4.78, 5) is 16.9. The molecule has 136 valence electrons. The number of halogens is 1. The minimum atomic E-state index is -0.880. The van der Waals surface area contributed by atoms with Crippen molar-refractivity contribution in [2.24, 2.45) is 5.92 Å². The Labute approximate surface area is 162 Å². The van der Waals surface area contributed by atoms with Crippen LogP contribution in [0.2, 0.25) is 5.15 Å². The van der Waals surface area contributed by atoms with E-state index in [0.717, 1.165) is 16.5 Å². The van der Waals surface area contributed by atoms with E-state index >= 15 is 0 Å². The highest BCUT2D eigenvalue weighted by atomic mass is 35.5. The SMILES string of the molecule is COc1ccc(NC(=O)[C@H](C#N)Cc2cc3ccc(C)cc3nc2Cl)cc1. The number of aromatic nitrogens is 1. The lowest BCUT2D eigenvalue weighted by atomic mass is 9.99. The summed E-state index contributed by atoms with van der Waals surface area (Å²) in [6, 6.07) is 16.7. The number of aryl methyl sites for hydroxylation is 1. The molecule has 0 aliphatic carbocycles. The van der Waals surface area contributed by atoms with E-state index in [9.17, 15) is 10.1 Å². The van der Waals surface area contributed by atoms with Crippen LogP contribution < -0.4 is 10.1 Å². The van der Waals surface area contributed by atoms with Crippen molar-refractivity contribution in [2.75, 3.05) is 12.4 Å². The first kappa shape index (κ1) is 18.7. The van der Waals surface area contributed by atoms with Gasteiger partial charge in [0.2, 0.25) is 5.91 Å². The number of carbonyl (C=O) groups excluding carboxylic acids is 1. The Bertz CT molecular complexity index is 1030. The fraction of sp³-hybridized carbons (Fsp3) is 0.190. The van der Waals surface area contributed by atoms with Gasteiger partial charge in [0, 0.05) is 17.5 Å². The molecule has 1 amide bonds. The van der Waals surface area contributed by atoms with Crippen molar-refractivity contribution in [3.63, 3.8) is 0 Å². The Kier molecular flexibility index (Phi) is 5.58. The second-order valence-electron chi connectivity index (χ2n) is 6.24. The summed E-state index contributed by atoms with van der Waals surface area (Å²) in [7, 11) is 1.57. The van der Waals surface area contributed by atoms with Crippen LogP contribution in [0.15, 0.2) is 48.5 Å². The molecule has 2 aromatic carbocycles. The summed E-state index contributed by atoms with van der Waals surface area (Å²) in [6.07, 6.45) is 0.189. The van der Waals surface area contributed by atoms with E-state index < -0.39 is 5.92 Å². The minimum absolute atomic E-state index is 0.189. The van der Waals surface area contributed by atoms with Gasteiger partial charge in [-0.2, -0.15) is 5.26 Å². The zero-order valence-corrected chi connectivity index (χ0v) is 15.7. The lowest BCUT2D eigenvalue weighted by Crippen LogP contribution is -2.23. The molecule has 1 N–H and O–H groups in total. The smallest absolute Gasteiger partial charge is 0.242 e. The van der Waals surface area contributed by atoms with Crippen LogP contribution in [-0.2, 0) is 11.2 Å². The van der Waals surface area contributed by atoms with Gasteiger partial charge in [-0.3, -0.25) is 4.79 Å². The van der Waals surface area contributed by atoms with E-state index in [1.807, 2.05) is 31.2 Å². The zero-order chi connectivity index (χ0) is 19.4. The first-order valence-corrected chi connectivity index (χ1v) is 8.78. The second-order valence-corrected chi connectivity index (χ2v) is 6.60. The summed E-state index contributed by atoms with van der Waals surface area (Å²) in [5, 5.41) is 13.4. The number of nitrogens with one attached hydrogen (secondary N) is 1. The summed E-state index contributed by atoms with van der Waals surface area (Å²) in [5.41, 5.74) is 3.15. The molecule has 1 atom stereocenters. The number of methoxy groups -OCH3 is 1. The lowest BCUT2D eigenvalue weighted by molar-refractivity contribution is -0.118. The number of nitriles is 1. The molecular formula is C21H18ClN3O2. The third kappa shape index (κ3) is 4.36. The number of ether oxygens (including phenoxy) is 1. The summed E-state index contributed by atoms with van der Waals surface area (Å²) < 4.78 is 5.09. The Morgan fingerprint density at radius 1 is 1.26 bits per heavy atom. The molecule has 0 aliphatic rings. The molecule has 0 radical (unpaired) electrons. The fourth-order valence-electron chi connectivity index (χ4n) is 2.76. The average molecular weight is 380 g/mol. The van der Waals surface area contributed by atoms with Gasteiger partial charge in [0.15, 0.2) is 0 Å². The minimum Gasteiger partial charge on any atom is -0.497 e. The molecule has 6 heteroatoms. The van der Waals surface area contributed by atoms with Gasteiger partial charge in [-0.05, 0) is 54.4 Å². The number of benzene rings is 2. The molecule has 0 saturated heterocycles. The molecule has 0 bridgehead atoms. The number of hydrogen-bond donors (Lipinski definition) is 1. The highest BCUT2D eigenvalue weighted by molar-refractivity contribution is 6.30. The van der Waals surface area contributed by atoms with Crippen molar-refractivity contribution >= 4 is 34.1 Å². The Morgan fingerprint density at radius 2 is 2.00 bits per heavy atom. The largest absolute Gasteiger partial charge is 0.497 e. The van der Waals surface area contributed by atoms with Crippen LogP contribution in [0.4, 0.5) is 5.69 Å². The van der Waals surface area contributed by atoms with Crippen LogP contribution in [-0.4, -0.2) is 18.0 Å². The zero-order valence-electron chi connectivity index (χ0n) is 15.0. The number of pyridine rings is 1.